The van der Waals surface area contributed by atoms with E-state index in [0.29, 0.717) is 19.4 Å². The summed E-state index contributed by atoms with van der Waals surface area (Å²) in [6, 6.07) is 14.5. The first-order valence-corrected chi connectivity index (χ1v) is 8.87. The molecule has 5 nitrogen and oxygen atoms in total. The summed E-state index contributed by atoms with van der Waals surface area (Å²) in [4.78, 5) is 22.7. The number of carbonyl (C=O) groups excluding carboxylic acids is 2. The van der Waals surface area contributed by atoms with Crippen molar-refractivity contribution in [2.24, 2.45) is 0 Å². The molecule has 0 saturated heterocycles. The zero-order chi connectivity index (χ0) is 17.9. The SMILES string of the molecule is O=C(CCCCCCC(=O)NCCc1cccc2ccccc12)NO. The average Bonchev–Trinajstić information content (AvgIpc) is 2.64. The van der Waals surface area contributed by atoms with Crippen LogP contribution in [0.3, 0.4) is 0 Å². The summed E-state index contributed by atoms with van der Waals surface area (Å²) in [7, 11) is 0. The molecule has 0 radical (unpaired) electrons. The Morgan fingerprint density at radius 3 is 2.28 bits per heavy atom. The van der Waals surface area contributed by atoms with Gasteiger partial charge >= 0.3 is 0 Å². The van der Waals surface area contributed by atoms with E-state index in [1.54, 1.807) is 5.48 Å². The number of rotatable bonds is 10. The van der Waals surface area contributed by atoms with Crippen molar-refractivity contribution in [2.45, 2.75) is 44.9 Å². The van der Waals surface area contributed by atoms with E-state index in [0.717, 1.165) is 32.1 Å². The largest absolute Gasteiger partial charge is 0.356 e. The standard InChI is InChI=1S/C20H26N2O3/c23-19(12-3-1-2-4-13-20(24)22-25)21-15-14-17-10-7-9-16-8-5-6-11-18(16)17/h5-11,25H,1-4,12-15H2,(H,21,23)(H,22,24). The Kier molecular flexibility index (Phi) is 7.92. The maximum absolute atomic E-state index is 11.9. The molecular weight excluding hydrogens is 316 g/mol. The van der Waals surface area contributed by atoms with Gasteiger partial charge in [-0.25, -0.2) is 5.48 Å². The smallest absolute Gasteiger partial charge is 0.243 e. The topological polar surface area (TPSA) is 78.4 Å². The fourth-order valence-electron chi connectivity index (χ4n) is 2.92. The van der Waals surface area contributed by atoms with Crippen LogP contribution < -0.4 is 10.8 Å². The van der Waals surface area contributed by atoms with Gasteiger partial charge in [-0.3, -0.25) is 14.8 Å². The van der Waals surface area contributed by atoms with Gasteiger partial charge in [0.25, 0.3) is 0 Å². The summed E-state index contributed by atoms with van der Waals surface area (Å²) in [6.45, 7) is 0.642. The lowest BCUT2D eigenvalue weighted by Gasteiger charge is -2.08. The molecule has 0 atom stereocenters. The van der Waals surface area contributed by atoms with Crippen LogP contribution in [0.4, 0.5) is 0 Å². The van der Waals surface area contributed by atoms with Crippen molar-refractivity contribution in [3.63, 3.8) is 0 Å². The Labute approximate surface area is 148 Å². The van der Waals surface area contributed by atoms with Crippen LogP contribution >= 0.6 is 0 Å². The van der Waals surface area contributed by atoms with Crippen LogP contribution in [0.1, 0.15) is 44.1 Å². The van der Waals surface area contributed by atoms with Crippen LogP contribution in [0, 0.1) is 0 Å². The van der Waals surface area contributed by atoms with Crippen molar-refractivity contribution < 1.29 is 14.8 Å². The van der Waals surface area contributed by atoms with Crippen molar-refractivity contribution in [3.05, 3.63) is 48.0 Å². The lowest BCUT2D eigenvalue weighted by molar-refractivity contribution is -0.129. The van der Waals surface area contributed by atoms with E-state index in [1.807, 2.05) is 12.1 Å². The van der Waals surface area contributed by atoms with Gasteiger partial charge in [-0.05, 0) is 35.6 Å². The Morgan fingerprint density at radius 1 is 0.840 bits per heavy atom. The maximum Gasteiger partial charge on any atom is 0.243 e. The molecule has 0 bridgehead atoms. The molecule has 0 fully saturated rings. The highest BCUT2D eigenvalue weighted by molar-refractivity contribution is 5.85. The molecule has 2 rings (SSSR count). The van der Waals surface area contributed by atoms with Gasteiger partial charge in [0.15, 0.2) is 0 Å². The quantitative estimate of drug-likeness (QED) is 0.352. The second-order valence-corrected chi connectivity index (χ2v) is 6.19. The van der Waals surface area contributed by atoms with E-state index in [1.165, 1.54) is 16.3 Å². The van der Waals surface area contributed by atoms with Crippen molar-refractivity contribution in [1.82, 2.24) is 10.8 Å². The van der Waals surface area contributed by atoms with Crippen LogP contribution in [0.15, 0.2) is 42.5 Å². The first-order chi connectivity index (χ1) is 12.2. The van der Waals surface area contributed by atoms with Gasteiger partial charge in [0.2, 0.25) is 11.8 Å². The zero-order valence-electron chi connectivity index (χ0n) is 14.5. The number of hydrogen-bond donors (Lipinski definition) is 3. The van der Waals surface area contributed by atoms with Crippen LogP contribution in [0.2, 0.25) is 0 Å². The summed E-state index contributed by atoms with van der Waals surface area (Å²) >= 11 is 0. The first kappa shape index (κ1) is 18.9. The summed E-state index contributed by atoms with van der Waals surface area (Å²) in [5, 5.41) is 13.8. The average molecular weight is 342 g/mol. The van der Waals surface area contributed by atoms with E-state index in [-0.39, 0.29) is 11.8 Å². The molecule has 0 saturated carbocycles. The molecular formula is C20H26N2O3. The molecule has 2 aromatic carbocycles. The van der Waals surface area contributed by atoms with E-state index >= 15 is 0 Å². The minimum Gasteiger partial charge on any atom is -0.356 e. The number of amides is 2. The highest BCUT2D eigenvalue weighted by atomic mass is 16.5. The first-order valence-electron chi connectivity index (χ1n) is 8.87. The van der Waals surface area contributed by atoms with Gasteiger partial charge in [-0.15, -0.1) is 0 Å². The number of unbranched alkanes of at least 4 members (excludes halogenated alkanes) is 3. The second kappa shape index (κ2) is 10.5. The number of carbonyl (C=O) groups is 2. The predicted molar refractivity (Wildman–Crippen MR) is 98.3 cm³/mol. The second-order valence-electron chi connectivity index (χ2n) is 6.19. The third kappa shape index (κ3) is 6.55. The van der Waals surface area contributed by atoms with Crippen molar-refractivity contribution >= 4 is 22.6 Å². The fraction of sp³-hybridized carbons (Fsp3) is 0.400. The fourth-order valence-corrected chi connectivity index (χ4v) is 2.92. The maximum atomic E-state index is 11.9. The molecule has 2 aromatic rings. The molecule has 0 aliphatic heterocycles. The summed E-state index contributed by atoms with van der Waals surface area (Å²) < 4.78 is 0. The number of benzene rings is 2. The summed E-state index contributed by atoms with van der Waals surface area (Å²) in [5.41, 5.74) is 2.87. The predicted octanol–water partition coefficient (Wildman–Crippen LogP) is 3.34. The van der Waals surface area contributed by atoms with Crippen LogP contribution in [-0.2, 0) is 16.0 Å². The molecule has 0 heterocycles. The van der Waals surface area contributed by atoms with Gasteiger partial charge in [0.1, 0.15) is 0 Å². The third-order valence-electron chi connectivity index (χ3n) is 4.28. The van der Waals surface area contributed by atoms with Crippen LogP contribution in [0.25, 0.3) is 10.8 Å². The van der Waals surface area contributed by atoms with Gasteiger partial charge in [0.05, 0.1) is 0 Å². The third-order valence-corrected chi connectivity index (χ3v) is 4.28. The number of fused-ring (bicyclic) bond motifs is 1. The monoisotopic (exact) mass is 342 g/mol. The molecule has 0 unspecified atom stereocenters. The minimum absolute atomic E-state index is 0.0772. The molecule has 3 N–H and O–H groups in total. The van der Waals surface area contributed by atoms with Gasteiger partial charge in [-0.2, -0.15) is 0 Å². The van der Waals surface area contributed by atoms with Gasteiger partial charge in [-0.1, -0.05) is 55.3 Å². The number of nitrogens with one attached hydrogen (secondary N) is 2. The molecule has 5 heteroatoms. The minimum atomic E-state index is -0.355. The summed E-state index contributed by atoms with van der Waals surface area (Å²) in [6.07, 6.45) is 5.01. The molecule has 134 valence electrons. The highest BCUT2D eigenvalue weighted by Gasteiger charge is 2.04. The molecule has 2 amide bonds. The Balaban J connectivity index is 1.61. The van der Waals surface area contributed by atoms with E-state index in [9.17, 15) is 9.59 Å². The molecule has 25 heavy (non-hydrogen) atoms. The van der Waals surface area contributed by atoms with E-state index < -0.39 is 0 Å². The highest BCUT2D eigenvalue weighted by Crippen LogP contribution is 2.18. The van der Waals surface area contributed by atoms with E-state index in [2.05, 4.69) is 35.6 Å². The lowest BCUT2D eigenvalue weighted by Crippen LogP contribution is -2.25. The Hall–Kier alpha value is -2.40. The molecule has 0 aliphatic rings. The summed E-state index contributed by atoms with van der Waals surface area (Å²) in [5.74, 6) is -0.278. The lowest BCUT2D eigenvalue weighted by atomic mass is 10.0. The van der Waals surface area contributed by atoms with Crippen molar-refractivity contribution in [1.29, 1.82) is 0 Å². The zero-order valence-corrected chi connectivity index (χ0v) is 14.5. The Morgan fingerprint density at radius 2 is 1.52 bits per heavy atom. The Bertz CT molecular complexity index is 695. The number of hydroxylamine groups is 1. The normalized spacial score (nSPS) is 10.6. The van der Waals surface area contributed by atoms with Crippen LogP contribution in [-0.4, -0.2) is 23.6 Å². The van der Waals surface area contributed by atoms with Gasteiger partial charge in [0, 0.05) is 19.4 Å². The van der Waals surface area contributed by atoms with Gasteiger partial charge < -0.3 is 5.32 Å². The van der Waals surface area contributed by atoms with Crippen molar-refractivity contribution in [2.75, 3.05) is 6.54 Å². The molecule has 0 aromatic heterocycles. The molecule has 0 spiro atoms. The van der Waals surface area contributed by atoms with E-state index in [4.69, 9.17) is 5.21 Å². The molecule has 0 aliphatic carbocycles. The van der Waals surface area contributed by atoms with Crippen LogP contribution in [0.5, 0.6) is 0 Å². The van der Waals surface area contributed by atoms with Crippen molar-refractivity contribution in [3.8, 4) is 0 Å². The number of hydrogen-bond acceptors (Lipinski definition) is 3.